The minimum Gasteiger partial charge on any atom is -0.318 e. The Morgan fingerprint density at radius 1 is 0.938 bits per heavy atom. The van der Waals surface area contributed by atoms with E-state index in [-0.39, 0.29) is 11.9 Å². The Labute approximate surface area is 186 Å². The van der Waals surface area contributed by atoms with Crippen molar-refractivity contribution in [2.75, 3.05) is 0 Å². The monoisotopic (exact) mass is 430 g/mol. The van der Waals surface area contributed by atoms with Crippen molar-refractivity contribution in [1.29, 1.82) is 0 Å². The molecule has 0 saturated heterocycles. The number of fused-ring (bicyclic) bond motifs is 1. The molecule has 0 bridgehead atoms. The van der Waals surface area contributed by atoms with E-state index in [1.807, 2.05) is 73.3 Å². The van der Waals surface area contributed by atoms with Crippen molar-refractivity contribution in [1.82, 2.24) is 30.2 Å². The molecule has 164 valence electrons. The highest BCUT2D eigenvalue weighted by atomic mass is 16.2. The standard InChI is InChI=1S/C24H26N6O2/c1-14(2)30-22-18(13-25-30)12-20(16(4)26-22)23(31)27-28-24(32)21-11-15(3)29(17(21)5)19-9-7-6-8-10-19/h6-14H,1-5H3,(H,27,31)(H,28,32). The molecule has 0 spiro atoms. The molecule has 0 aliphatic carbocycles. The van der Waals surface area contributed by atoms with E-state index in [4.69, 9.17) is 0 Å². The molecule has 4 rings (SSSR count). The van der Waals surface area contributed by atoms with E-state index in [1.54, 1.807) is 19.2 Å². The Kier molecular flexibility index (Phi) is 5.52. The Morgan fingerprint density at radius 3 is 2.25 bits per heavy atom. The summed E-state index contributed by atoms with van der Waals surface area (Å²) in [5.41, 5.74) is 9.91. The van der Waals surface area contributed by atoms with Gasteiger partial charge in [0.1, 0.15) is 0 Å². The lowest BCUT2D eigenvalue weighted by Gasteiger charge is -2.11. The fourth-order valence-electron chi connectivity index (χ4n) is 3.89. The van der Waals surface area contributed by atoms with Gasteiger partial charge in [-0.1, -0.05) is 18.2 Å². The van der Waals surface area contributed by atoms with E-state index < -0.39 is 5.91 Å². The van der Waals surface area contributed by atoms with Gasteiger partial charge < -0.3 is 4.57 Å². The van der Waals surface area contributed by atoms with Crippen LogP contribution in [0.5, 0.6) is 0 Å². The lowest BCUT2D eigenvalue weighted by molar-refractivity contribution is 0.0845. The highest BCUT2D eigenvalue weighted by molar-refractivity contribution is 6.01. The van der Waals surface area contributed by atoms with Gasteiger partial charge in [0.05, 0.1) is 23.0 Å². The quantitative estimate of drug-likeness (QED) is 0.482. The molecule has 0 saturated carbocycles. The molecule has 0 fully saturated rings. The summed E-state index contributed by atoms with van der Waals surface area (Å²) in [6.45, 7) is 9.63. The summed E-state index contributed by atoms with van der Waals surface area (Å²) in [5.74, 6) is -0.813. The first-order valence-electron chi connectivity index (χ1n) is 10.5. The second-order valence-corrected chi connectivity index (χ2v) is 8.08. The van der Waals surface area contributed by atoms with Crippen LogP contribution in [0.2, 0.25) is 0 Å². The average molecular weight is 431 g/mol. The van der Waals surface area contributed by atoms with Crippen LogP contribution in [0.4, 0.5) is 0 Å². The molecule has 0 atom stereocenters. The minimum atomic E-state index is -0.431. The Balaban J connectivity index is 1.53. The number of hydrogen-bond acceptors (Lipinski definition) is 4. The molecule has 8 heteroatoms. The lowest BCUT2D eigenvalue weighted by atomic mass is 10.1. The summed E-state index contributed by atoms with van der Waals surface area (Å²) in [6, 6.07) is 13.5. The number of amides is 2. The summed E-state index contributed by atoms with van der Waals surface area (Å²) in [5, 5.41) is 5.12. The van der Waals surface area contributed by atoms with E-state index in [0.717, 1.165) is 28.1 Å². The molecular formula is C24H26N6O2. The summed E-state index contributed by atoms with van der Waals surface area (Å²) >= 11 is 0. The van der Waals surface area contributed by atoms with Crippen molar-refractivity contribution in [3.63, 3.8) is 0 Å². The van der Waals surface area contributed by atoms with E-state index in [0.29, 0.717) is 16.8 Å². The van der Waals surface area contributed by atoms with Gasteiger partial charge in [-0.3, -0.25) is 20.4 Å². The number of carbonyl (C=O) groups is 2. The van der Waals surface area contributed by atoms with Crippen LogP contribution < -0.4 is 10.9 Å². The second-order valence-electron chi connectivity index (χ2n) is 8.08. The number of nitrogens with one attached hydrogen (secondary N) is 2. The topological polar surface area (TPSA) is 93.8 Å². The normalized spacial score (nSPS) is 11.2. The first-order valence-corrected chi connectivity index (χ1v) is 10.5. The van der Waals surface area contributed by atoms with Gasteiger partial charge in [-0.2, -0.15) is 5.10 Å². The number of aromatic nitrogens is 4. The van der Waals surface area contributed by atoms with Crippen LogP contribution in [0, 0.1) is 20.8 Å². The number of nitrogens with zero attached hydrogens (tertiary/aromatic N) is 4. The number of para-hydroxylation sites is 1. The number of aryl methyl sites for hydroxylation is 2. The number of hydrogen-bond donors (Lipinski definition) is 2. The van der Waals surface area contributed by atoms with Gasteiger partial charge in [-0.15, -0.1) is 0 Å². The van der Waals surface area contributed by atoms with Crippen LogP contribution in [0.25, 0.3) is 16.7 Å². The number of hydrazine groups is 1. The summed E-state index contributed by atoms with van der Waals surface area (Å²) in [7, 11) is 0. The molecule has 0 unspecified atom stereocenters. The van der Waals surface area contributed by atoms with Crippen molar-refractivity contribution in [3.8, 4) is 5.69 Å². The molecule has 32 heavy (non-hydrogen) atoms. The average Bonchev–Trinajstić information content (AvgIpc) is 3.31. The minimum absolute atomic E-state index is 0.160. The van der Waals surface area contributed by atoms with Crippen LogP contribution in [0.3, 0.4) is 0 Å². The third kappa shape index (κ3) is 3.75. The molecule has 2 amide bonds. The molecule has 4 aromatic rings. The van der Waals surface area contributed by atoms with Gasteiger partial charge in [0.25, 0.3) is 11.8 Å². The van der Waals surface area contributed by atoms with Crippen LogP contribution >= 0.6 is 0 Å². The predicted molar refractivity (Wildman–Crippen MR) is 123 cm³/mol. The van der Waals surface area contributed by atoms with Crippen LogP contribution in [0.15, 0.2) is 48.7 Å². The zero-order valence-corrected chi connectivity index (χ0v) is 18.8. The number of benzene rings is 1. The van der Waals surface area contributed by atoms with Gasteiger partial charge in [-0.25, -0.2) is 9.67 Å². The summed E-state index contributed by atoms with van der Waals surface area (Å²) in [6.07, 6.45) is 1.69. The van der Waals surface area contributed by atoms with Gasteiger partial charge in [0, 0.05) is 28.5 Å². The zero-order valence-electron chi connectivity index (χ0n) is 18.8. The van der Waals surface area contributed by atoms with Crippen molar-refractivity contribution in [2.24, 2.45) is 0 Å². The van der Waals surface area contributed by atoms with Gasteiger partial charge in [0.2, 0.25) is 0 Å². The van der Waals surface area contributed by atoms with Gasteiger partial charge >= 0.3 is 0 Å². The molecular weight excluding hydrogens is 404 g/mol. The summed E-state index contributed by atoms with van der Waals surface area (Å²) in [4.78, 5) is 30.1. The third-order valence-corrected chi connectivity index (χ3v) is 5.47. The maximum atomic E-state index is 12.8. The molecule has 0 radical (unpaired) electrons. The van der Waals surface area contributed by atoms with E-state index in [9.17, 15) is 9.59 Å². The van der Waals surface area contributed by atoms with E-state index >= 15 is 0 Å². The van der Waals surface area contributed by atoms with Gasteiger partial charge in [-0.05, 0) is 58.9 Å². The highest BCUT2D eigenvalue weighted by Gasteiger charge is 2.19. The van der Waals surface area contributed by atoms with Crippen LogP contribution in [0.1, 0.15) is 57.7 Å². The summed E-state index contributed by atoms with van der Waals surface area (Å²) < 4.78 is 3.82. The van der Waals surface area contributed by atoms with E-state index in [2.05, 4.69) is 20.9 Å². The third-order valence-electron chi connectivity index (χ3n) is 5.47. The Hall–Kier alpha value is -3.94. The number of carbonyl (C=O) groups excluding carboxylic acids is 2. The smallest absolute Gasteiger partial charge is 0.271 e. The van der Waals surface area contributed by atoms with Crippen molar-refractivity contribution in [2.45, 2.75) is 40.7 Å². The Bertz CT molecular complexity index is 1320. The molecule has 8 nitrogen and oxygen atoms in total. The number of rotatable bonds is 4. The Morgan fingerprint density at radius 2 is 1.59 bits per heavy atom. The first kappa shape index (κ1) is 21.3. The maximum Gasteiger partial charge on any atom is 0.271 e. The fourth-order valence-corrected chi connectivity index (χ4v) is 3.89. The molecule has 1 aromatic carbocycles. The second kappa shape index (κ2) is 8.30. The lowest BCUT2D eigenvalue weighted by Crippen LogP contribution is -2.42. The predicted octanol–water partition coefficient (Wildman–Crippen LogP) is 3.80. The molecule has 3 aromatic heterocycles. The van der Waals surface area contributed by atoms with Crippen LogP contribution in [-0.2, 0) is 0 Å². The van der Waals surface area contributed by atoms with Crippen molar-refractivity contribution < 1.29 is 9.59 Å². The molecule has 3 heterocycles. The molecule has 0 aliphatic rings. The highest BCUT2D eigenvalue weighted by Crippen LogP contribution is 2.21. The largest absolute Gasteiger partial charge is 0.318 e. The van der Waals surface area contributed by atoms with E-state index in [1.165, 1.54) is 0 Å². The maximum absolute atomic E-state index is 12.8. The molecule has 0 aliphatic heterocycles. The fraction of sp³-hybridized carbons (Fsp3) is 0.250. The SMILES string of the molecule is Cc1nc2c(cnn2C(C)C)cc1C(=O)NNC(=O)c1cc(C)n(-c2ccccc2)c1C. The first-order chi connectivity index (χ1) is 15.3. The van der Waals surface area contributed by atoms with Gasteiger partial charge in [0.15, 0.2) is 5.65 Å². The zero-order chi connectivity index (χ0) is 23.0. The van der Waals surface area contributed by atoms with Crippen molar-refractivity contribution >= 4 is 22.8 Å². The molecule has 2 N–H and O–H groups in total. The van der Waals surface area contributed by atoms with Crippen molar-refractivity contribution in [3.05, 3.63) is 76.9 Å². The number of pyridine rings is 1. The van der Waals surface area contributed by atoms with Crippen LogP contribution in [-0.4, -0.2) is 31.1 Å².